The number of nitrogen functional groups attached to an aromatic ring is 1. The molecule has 0 radical (unpaired) electrons. The number of benzene rings is 1. The molecule has 0 spiro atoms. The van der Waals surface area contributed by atoms with Crippen molar-refractivity contribution >= 4 is 17.3 Å². The van der Waals surface area contributed by atoms with Crippen molar-refractivity contribution in [1.82, 2.24) is 9.97 Å². The molecule has 2 N–H and O–H groups in total. The summed E-state index contributed by atoms with van der Waals surface area (Å²) in [6, 6.07) is 30.4. The molecule has 0 amide bonds. The molecule has 0 aliphatic heterocycles. The largest absolute Gasteiger partial charge is 2.00 e. The molecule has 2 aromatic heterocycles. The quantitative estimate of drug-likeness (QED) is 0.254. The Morgan fingerprint density at radius 2 is 1.53 bits per heavy atom. The summed E-state index contributed by atoms with van der Waals surface area (Å²) < 4.78 is 13.1. The smallest absolute Gasteiger partial charge is 0.368 e. The van der Waals surface area contributed by atoms with Gasteiger partial charge in [-0.1, -0.05) is 6.07 Å². The molecule has 2 heterocycles. The van der Waals surface area contributed by atoms with Crippen LogP contribution in [0.2, 0.25) is 0 Å². The van der Waals surface area contributed by atoms with Gasteiger partial charge in [0, 0.05) is 10.4 Å². The van der Waals surface area contributed by atoms with Crippen LogP contribution in [0, 0.1) is 5.82 Å². The number of hydrogen-bond acceptors (Lipinski definition) is 4. The number of thiophene rings is 1. The number of rotatable bonds is 3. The van der Waals surface area contributed by atoms with Crippen LogP contribution in [0.25, 0.3) is 32.3 Å². The van der Waals surface area contributed by atoms with Crippen molar-refractivity contribution in [1.29, 1.82) is 0 Å². The Morgan fingerprint density at radius 3 is 2.17 bits per heavy atom. The Hall–Kier alpha value is -3.05. The Kier molecular flexibility index (Phi) is 7.31. The van der Waals surface area contributed by atoms with E-state index in [0.29, 0.717) is 5.69 Å². The van der Waals surface area contributed by atoms with Crippen LogP contribution in [0.4, 0.5) is 10.3 Å². The molecule has 5 aromatic rings. The first-order chi connectivity index (χ1) is 14.2. The fraction of sp³-hybridized carbons (Fsp3) is 0. The van der Waals surface area contributed by atoms with E-state index in [1.165, 1.54) is 22.6 Å². The minimum atomic E-state index is -0.279. The Balaban J connectivity index is 0.000000376. The van der Waals surface area contributed by atoms with Gasteiger partial charge in [0.25, 0.3) is 0 Å². The summed E-state index contributed by atoms with van der Waals surface area (Å²) in [5.74, 6) is -0.0753. The van der Waals surface area contributed by atoms with Crippen molar-refractivity contribution < 1.29 is 21.5 Å². The van der Waals surface area contributed by atoms with E-state index in [9.17, 15) is 4.39 Å². The third-order valence-electron chi connectivity index (χ3n) is 4.24. The molecular formula is C24H18FFeN3S. The molecule has 3 aromatic carbocycles. The maximum absolute atomic E-state index is 13.1. The standard InChI is InChI=1S/C19H13FN3S.C5H5.Fe/c20-14-7-5-12(6-8-14)15-11-16(23-19(21)22-15)18-10-9-17(24-18)13-3-1-2-4-13;1-2-4-5-3-1;/h1-11H,(H2,21,22,23);1-5H;/q2*-1;+2. The molecule has 5 rings (SSSR count). The monoisotopic (exact) mass is 455 g/mol. The molecular weight excluding hydrogens is 437 g/mol. The van der Waals surface area contributed by atoms with Crippen molar-refractivity contribution in [2.24, 2.45) is 0 Å². The Labute approximate surface area is 189 Å². The van der Waals surface area contributed by atoms with E-state index in [4.69, 9.17) is 5.73 Å². The number of hydrogen-bond donors (Lipinski definition) is 1. The van der Waals surface area contributed by atoms with Gasteiger partial charge in [0.2, 0.25) is 5.95 Å². The zero-order valence-electron chi connectivity index (χ0n) is 15.8. The van der Waals surface area contributed by atoms with Gasteiger partial charge in [-0.25, -0.2) is 26.5 Å². The van der Waals surface area contributed by atoms with Gasteiger partial charge in [-0.3, -0.25) is 0 Å². The average Bonchev–Trinajstić information content (AvgIpc) is 3.52. The molecule has 0 unspecified atom stereocenters. The van der Waals surface area contributed by atoms with E-state index in [0.717, 1.165) is 16.1 Å². The first-order valence-corrected chi connectivity index (χ1v) is 9.90. The summed E-state index contributed by atoms with van der Waals surface area (Å²) in [5.41, 5.74) is 9.32. The topological polar surface area (TPSA) is 51.8 Å². The fourth-order valence-electron chi connectivity index (χ4n) is 2.85. The van der Waals surface area contributed by atoms with Gasteiger partial charge in [-0.15, -0.1) is 23.8 Å². The molecule has 0 aliphatic carbocycles. The van der Waals surface area contributed by atoms with Gasteiger partial charge in [0.15, 0.2) is 0 Å². The van der Waals surface area contributed by atoms with E-state index in [1.807, 2.05) is 54.6 Å². The second-order valence-corrected chi connectivity index (χ2v) is 7.39. The third kappa shape index (κ3) is 5.30. The number of aromatic nitrogens is 2. The fourth-order valence-corrected chi connectivity index (χ4v) is 3.82. The molecule has 0 atom stereocenters. The summed E-state index contributed by atoms with van der Waals surface area (Å²) >= 11 is 1.65. The van der Waals surface area contributed by atoms with Gasteiger partial charge in [0.1, 0.15) is 5.82 Å². The van der Waals surface area contributed by atoms with Gasteiger partial charge in [0.05, 0.1) is 11.4 Å². The van der Waals surface area contributed by atoms with Gasteiger partial charge >= 0.3 is 17.1 Å². The van der Waals surface area contributed by atoms with E-state index in [2.05, 4.69) is 28.2 Å². The van der Waals surface area contributed by atoms with Gasteiger partial charge in [-0.05, 0) is 35.2 Å². The maximum atomic E-state index is 13.1. The van der Waals surface area contributed by atoms with Crippen LogP contribution in [-0.2, 0) is 17.1 Å². The number of halogens is 1. The molecule has 3 nitrogen and oxygen atoms in total. The Bertz CT molecular complexity index is 1150. The van der Waals surface area contributed by atoms with Crippen LogP contribution in [0.5, 0.6) is 0 Å². The molecule has 0 saturated heterocycles. The predicted molar refractivity (Wildman–Crippen MR) is 118 cm³/mol. The van der Waals surface area contributed by atoms with Gasteiger partial charge in [-0.2, -0.15) is 41.7 Å². The van der Waals surface area contributed by atoms with E-state index in [1.54, 1.807) is 23.5 Å². The maximum Gasteiger partial charge on any atom is 2.00 e. The number of anilines is 1. The zero-order valence-corrected chi connectivity index (χ0v) is 17.8. The molecule has 0 aliphatic rings. The third-order valence-corrected chi connectivity index (χ3v) is 5.40. The van der Waals surface area contributed by atoms with Crippen molar-refractivity contribution in [2.45, 2.75) is 0 Å². The summed E-state index contributed by atoms with van der Waals surface area (Å²) in [4.78, 5) is 10.8. The first-order valence-electron chi connectivity index (χ1n) is 9.08. The van der Waals surface area contributed by atoms with E-state index in [-0.39, 0.29) is 28.8 Å². The Morgan fingerprint density at radius 1 is 0.867 bits per heavy atom. The van der Waals surface area contributed by atoms with Crippen molar-refractivity contribution in [3.63, 3.8) is 0 Å². The van der Waals surface area contributed by atoms with Crippen LogP contribution in [0.15, 0.2) is 97.1 Å². The van der Waals surface area contributed by atoms with Gasteiger partial charge < -0.3 is 5.73 Å². The molecule has 0 saturated carbocycles. The van der Waals surface area contributed by atoms with Crippen LogP contribution in [0.1, 0.15) is 0 Å². The molecule has 150 valence electrons. The number of nitrogens with two attached hydrogens (primary N) is 1. The van der Waals surface area contributed by atoms with Crippen LogP contribution in [-0.4, -0.2) is 9.97 Å². The summed E-state index contributed by atoms with van der Waals surface area (Å²) in [5, 5.41) is 0. The van der Waals surface area contributed by atoms with Crippen molar-refractivity contribution in [3.8, 4) is 32.3 Å². The molecule has 0 bridgehead atoms. The molecule has 0 fully saturated rings. The van der Waals surface area contributed by atoms with Crippen molar-refractivity contribution in [2.75, 3.05) is 5.73 Å². The average molecular weight is 455 g/mol. The first kappa shape index (κ1) is 21.7. The van der Waals surface area contributed by atoms with Crippen LogP contribution in [0.3, 0.4) is 0 Å². The van der Waals surface area contributed by atoms with Crippen molar-refractivity contribution in [3.05, 3.63) is 103 Å². The number of nitrogens with zero attached hydrogens (tertiary/aromatic N) is 2. The van der Waals surface area contributed by atoms with E-state index < -0.39 is 0 Å². The molecule has 6 heteroatoms. The van der Waals surface area contributed by atoms with Crippen LogP contribution >= 0.6 is 11.3 Å². The minimum Gasteiger partial charge on any atom is -0.368 e. The molecule has 30 heavy (non-hydrogen) atoms. The second kappa shape index (κ2) is 10.1. The summed E-state index contributed by atoms with van der Waals surface area (Å²) in [6.45, 7) is 0. The van der Waals surface area contributed by atoms with Crippen LogP contribution < -0.4 is 5.73 Å². The van der Waals surface area contributed by atoms with E-state index >= 15 is 0 Å². The summed E-state index contributed by atoms with van der Waals surface area (Å²) in [6.07, 6.45) is 0. The SMILES string of the molecule is Nc1nc(-c2ccc(F)cc2)cc(-c2ccc(-[c-]3cccc3)s2)n1.[Fe+2].c1cc[cH-]c1. The zero-order chi connectivity index (χ0) is 20.1. The minimum absolute atomic E-state index is 0. The predicted octanol–water partition coefficient (Wildman–Crippen LogP) is 6.38. The second-order valence-electron chi connectivity index (χ2n) is 6.30. The normalized spacial score (nSPS) is 10.0. The summed E-state index contributed by atoms with van der Waals surface area (Å²) in [7, 11) is 0.